The maximum absolute atomic E-state index is 12.2. The van der Waals surface area contributed by atoms with E-state index >= 15 is 0 Å². The standard InChI is InChI=1S/C14H13ClN2O4/c1-8-6-12(18)17(14(20)16(8)2)9-4-5-11(15)10(7-9)13(19)21-3/h4-7H,1-3H3. The van der Waals surface area contributed by atoms with Crippen LogP contribution in [0.4, 0.5) is 0 Å². The first-order valence-electron chi connectivity index (χ1n) is 6.04. The molecule has 1 aromatic carbocycles. The first kappa shape index (κ1) is 15.1. The van der Waals surface area contributed by atoms with Gasteiger partial charge in [-0.3, -0.25) is 4.79 Å². The Hall–Kier alpha value is -2.34. The second-order valence-electron chi connectivity index (χ2n) is 4.46. The summed E-state index contributed by atoms with van der Waals surface area (Å²) in [7, 11) is 2.78. The van der Waals surface area contributed by atoms with E-state index in [1.807, 2.05) is 0 Å². The molecule has 0 saturated carbocycles. The molecular formula is C14H13ClN2O4. The minimum Gasteiger partial charge on any atom is -0.465 e. The van der Waals surface area contributed by atoms with Crippen molar-refractivity contribution in [2.45, 2.75) is 6.92 Å². The van der Waals surface area contributed by atoms with Crippen LogP contribution in [0.25, 0.3) is 5.69 Å². The predicted molar refractivity (Wildman–Crippen MR) is 78.4 cm³/mol. The molecular weight excluding hydrogens is 296 g/mol. The highest BCUT2D eigenvalue weighted by Gasteiger charge is 2.14. The van der Waals surface area contributed by atoms with Crippen LogP contribution in [-0.2, 0) is 11.8 Å². The number of halogens is 1. The van der Waals surface area contributed by atoms with Gasteiger partial charge in [0, 0.05) is 18.8 Å². The van der Waals surface area contributed by atoms with Crippen molar-refractivity contribution in [2.75, 3.05) is 7.11 Å². The number of benzene rings is 1. The van der Waals surface area contributed by atoms with E-state index in [9.17, 15) is 14.4 Å². The van der Waals surface area contributed by atoms with Crippen molar-refractivity contribution in [3.63, 3.8) is 0 Å². The fraction of sp³-hybridized carbons (Fsp3) is 0.214. The van der Waals surface area contributed by atoms with Crippen molar-refractivity contribution >= 4 is 17.6 Å². The van der Waals surface area contributed by atoms with Gasteiger partial charge in [0.05, 0.1) is 23.4 Å². The lowest BCUT2D eigenvalue weighted by Crippen LogP contribution is -2.38. The summed E-state index contributed by atoms with van der Waals surface area (Å²) in [6.45, 7) is 1.66. The van der Waals surface area contributed by atoms with Gasteiger partial charge in [-0.2, -0.15) is 0 Å². The SMILES string of the molecule is COC(=O)c1cc(-n2c(=O)cc(C)n(C)c2=O)ccc1Cl. The zero-order valence-corrected chi connectivity index (χ0v) is 12.5. The molecule has 1 heterocycles. The molecule has 21 heavy (non-hydrogen) atoms. The molecule has 0 spiro atoms. The molecule has 0 aliphatic heterocycles. The molecule has 0 bridgehead atoms. The minimum atomic E-state index is -0.640. The van der Waals surface area contributed by atoms with Crippen LogP contribution < -0.4 is 11.2 Å². The van der Waals surface area contributed by atoms with Crippen molar-refractivity contribution in [2.24, 2.45) is 7.05 Å². The lowest BCUT2D eigenvalue weighted by molar-refractivity contribution is 0.0601. The van der Waals surface area contributed by atoms with Gasteiger partial charge in [-0.05, 0) is 25.1 Å². The van der Waals surface area contributed by atoms with Crippen molar-refractivity contribution < 1.29 is 9.53 Å². The Morgan fingerprint density at radius 1 is 1.24 bits per heavy atom. The number of aryl methyl sites for hydroxylation is 1. The number of esters is 1. The highest BCUT2D eigenvalue weighted by atomic mass is 35.5. The topological polar surface area (TPSA) is 70.3 Å². The van der Waals surface area contributed by atoms with Gasteiger partial charge in [0.1, 0.15) is 0 Å². The van der Waals surface area contributed by atoms with Gasteiger partial charge < -0.3 is 9.30 Å². The lowest BCUT2D eigenvalue weighted by atomic mass is 10.2. The van der Waals surface area contributed by atoms with Crippen molar-refractivity contribution in [1.29, 1.82) is 0 Å². The molecule has 0 aliphatic rings. The number of ether oxygens (including phenoxy) is 1. The summed E-state index contributed by atoms with van der Waals surface area (Å²) in [5, 5.41) is 0.183. The Morgan fingerprint density at radius 3 is 2.52 bits per heavy atom. The summed E-state index contributed by atoms with van der Waals surface area (Å²) in [5.41, 5.74) is -0.0909. The van der Waals surface area contributed by atoms with Crippen LogP contribution in [0.1, 0.15) is 16.1 Å². The molecule has 1 aromatic heterocycles. The van der Waals surface area contributed by atoms with Gasteiger partial charge in [-0.15, -0.1) is 0 Å². The van der Waals surface area contributed by atoms with Crippen LogP contribution in [0.2, 0.25) is 5.02 Å². The zero-order valence-electron chi connectivity index (χ0n) is 11.7. The Labute approximate surface area is 125 Å². The largest absolute Gasteiger partial charge is 0.465 e. The Morgan fingerprint density at radius 2 is 1.90 bits per heavy atom. The first-order valence-corrected chi connectivity index (χ1v) is 6.42. The van der Waals surface area contributed by atoms with Gasteiger partial charge in [-0.1, -0.05) is 11.6 Å². The molecule has 2 rings (SSSR count). The van der Waals surface area contributed by atoms with Crippen LogP contribution in [-0.4, -0.2) is 22.2 Å². The summed E-state index contributed by atoms with van der Waals surface area (Å²) in [6.07, 6.45) is 0. The number of methoxy groups -OCH3 is 1. The minimum absolute atomic E-state index is 0.0891. The third-order valence-corrected chi connectivity index (χ3v) is 3.50. The molecule has 2 aromatic rings. The fourth-order valence-corrected chi connectivity index (χ4v) is 2.09. The molecule has 0 amide bonds. The van der Waals surface area contributed by atoms with Crippen LogP contribution in [0.3, 0.4) is 0 Å². The van der Waals surface area contributed by atoms with Gasteiger partial charge >= 0.3 is 11.7 Å². The van der Waals surface area contributed by atoms with Crippen molar-refractivity contribution in [1.82, 2.24) is 9.13 Å². The smallest absolute Gasteiger partial charge is 0.339 e. The van der Waals surface area contributed by atoms with E-state index in [1.165, 1.54) is 35.9 Å². The number of rotatable bonds is 2. The number of hydrogen-bond acceptors (Lipinski definition) is 4. The Kier molecular flexibility index (Phi) is 3.99. The highest BCUT2D eigenvalue weighted by Crippen LogP contribution is 2.19. The van der Waals surface area contributed by atoms with E-state index in [0.717, 1.165) is 4.57 Å². The molecule has 0 atom stereocenters. The molecule has 0 N–H and O–H groups in total. The average molecular weight is 309 g/mol. The summed E-state index contributed by atoms with van der Waals surface area (Å²) < 4.78 is 6.93. The summed E-state index contributed by atoms with van der Waals surface area (Å²) >= 11 is 5.92. The summed E-state index contributed by atoms with van der Waals surface area (Å²) in [5.74, 6) is -0.640. The second-order valence-corrected chi connectivity index (χ2v) is 4.86. The maximum atomic E-state index is 12.2. The first-order chi connectivity index (χ1) is 9.86. The molecule has 0 aliphatic carbocycles. The van der Waals surface area contributed by atoms with Gasteiger partial charge in [0.2, 0.25) is 0 Å². The lowest BCUT2D eigenvalue weighted by Gasteiger charge is -2.10. The van der Waals surface area contributed by atoms with Crippen LogP contribution in [0, 0.1) is 6.92 Å². The summed E-state index contributed by atoms with van der Waals surface area (Å²) in [6, 6.07) is 5.63. The van der Waals surface area contributed by atoms with Crippen LogP contribution >= 0.6 is 11.6 Å². The Balaban J connectivity index is 2.75. The van der Waals surface area contributed by atoms with Crippen molar-refractivity contribution in [3.8, 4) is 5.69 Å². The van der Waals surface area contributed by atoms with E-state index in [1.54, 1.807) is 14.0 Å². The summed E-state index contributed by atoms with van der Waals surface area (Å²) in [4.78, 5) is 35.9. The number of hydrogen-bond donors (Lipinski definition) is 0. The highest BCUT2D eigenvalue weighted by molar-refractivity contribution is 6.33. The fourth-order valence-electron chi connectivity index (χ4n) is 1.89. The van der Waals surface area contributed by atoms with Crippen molar-refractivity contribution in [3.05, 3.63) is 61.4 Å². The number of nitrogens with zero attached hydrogens (tertiary/aromatic N) is 2. The molecule has 0 radical (unpaired) electrons. The van der Waals surface area contributed by atoms with E-state index in [4.69, 9.17) is 11.6 Å². The van der Waals surface area contributed by atoms with E-state index < -0.39 is 17.2 Å². The van der Waals surface area contributed by atoms with Crippen LogP contribution in [0.5, 0.6) is 0 Å². The number of aromatic nitrogens is 2. The maximum Gasteiger partial charge on any atom is 0.339 e. The molecule has 0 fully saturated rings. The quantitative estimate of drug-likeness (QED) is 0.784. The molecule has 0 unspecified atom stereocenters. The molecule has 0 saturated heterocycles. The monoisotopic (exact) mass is 308 g/mol. The van der Waals surface area contributed by atoms with E-state index in [-0.39, 0.29) is 16.3 Å². The van der Waals surface area contributed by atoms with E-state index in [0.29, 0.717) is 5.69 Å². The average Bonchev–Trinajstić information content (AvgIpc) is 2.45. The molecule has 110 valence electrons. The van der Waals surface area contributed by atoms with Crippen LogP contribution in [0.15, 0.2) is 33.9 Å². The van der Waals surface area contributed by atoms with Gasteiger partial charge in [0.25, 0.3) is 5.56 Å². The third kappa shape index (κ3) is 2.62. The van der Waals surface area contributed by atoms with Gasteiger partial charge in [-0.25, -0.2) is 14.2 Å². The molecule has 6 nitrogen and oxygen atoms in total. The second kappa shape index (κ2) is 5.57. The normalized spacial score (nSPS) is 10.5. The van der Waals surface area contributed by atoms with Gasteiger partial charge in [0.15, 0.2) is 0 Å². The van der Waals surface area contributed by atoms with E-state index in [2.05, 4.69) is 4.74 Å². The zero-order chi connectivity index (χ0) is 15.7. The number of carbonyl (C=O) groups excluding carboxylic acids is 1. The predicted octanol–water partition coefficient (Wildman–Crippen LogP) is 1.28. The molecule has 7 heteroatoms. The Bertz CT molecular complexity index is 836. The number of carbonyl (C=O) groups is 1. The third-order valence-electron chi connectivity index (χ3n) is 3.17.